The molecular weight excluding hydrogens is 294 g/mol. The van der Waals surface area contributed by atoms with Gasteiger partial charge in [0.1, 0.15) is 5.75 Å². The molecule has 3 heteroatoms. The van der Waals surface area contributed by atoms with E-state index in [2.05, 4.69) is 61.5 Å². The van der Waals surface area contributed by atoms with Crippen molar-refractivity contribution in [2.75, 3.05) is 21.2 Å². The number of hydrogen-bond acceptors (Lipinski definition) is 2. The van der Waals surface area contributed by atoms with Gasteiger partial charge in [-0.25, -0.2) is 0 Å². The second-order valence-corrected chi connectivity index (χ2v) is 6.61. The highest BCUT2D eigenvalue weighted by molar-refractivity contribution is 6.32. The molecule has 0 aromatic heterocycles. The highest BCUT2D eigenvalue weighted by Crippen LogP contribution is 2.41. The molecule has 0 saturated carbocycles. The Bertz CT molecular complexity index is 654. The third-order valence-electron chi connectivity index (χ3n) is 4.68. The minimum absolute atomic E-state index is 0.392. The van der Waals surface area contributed by atoms with Gasteiger partial charge in [-0.15, -0.1) is 0 Å². The van der Waals surface area contributed by atoms with Crippen LogP contribution in [0.2, 0.25) is 5.02 Å². The molecular formula is C19H22ClNO. The van der Waals surface area contributed by atoms with Gasteiger partial charge in [0.2, 0.25) is 0 Å². The highest BCUT2D eigenvalue weighted by atomic mass is 35.5. The van der Waals surface area contributed by atoms with Crippen molar-refractivity contribution in [2.24, 2.45) is 0 Å². The van der Waals surface area contributed by atoms with Gasteiger partial charge in [0, 0.05) is 12.0 Å². The summed E-state index contributed by atoms with van der Waals surface area (Å²) < 4.78 is 5.43. The number of methoxy groups -OCH3 is 1. The fraction of sp³-hybridized carbons (Fsp3) is 0.368. The van der Waals surface area contributed by atoms with Crippen molar-refractivity contribution in [2.45, 2.75) is 24.8 Å². The fourth-order valence-corrected chi connectivity index (χ4v) is 3.66. The zero-order valence-corrected chi connectivity index (χ0v) is 14.1. The molecule has 0 heterocycles. The van der Waals surface area contributed by atoms with Crippen LogP contribution in [0, 0.1) is 0 Å². The molecule has 1 aliphatic rings. The SMILES string of the molecule is COc1cc2c(cc1Cl)C[C@H](N(C)C)C[C@H]2c1ccccc1. The largest absolute Gasteiger partial charge is 0.495 e. The third kappa shape index (κ3) is 2.86. The zero-order chi connectivity index (χ0) is 15.7. The van der Waals surface area contributed by atoms with Crippen LogP contribution in [-0.4, -0.2) is 32.1 Å². The first-order valence-electron chi connectivity index (χ1n) is 7.68. The molecule has 2 aromatic rings. The van der Waals surface area contributed by atoms with Gasteiger partial charge < -0.3 is 9.64 Å². The molecule has 0 aliphatic heterocycles. The van der Waals surface area contributed by atoms with Crippen LogP contribution in [0.25, 0.3) is 0 Å². The van der Waals surface area contributed by atoms with Crippen LogP contribution in [-0.2, 0) is 6.42 Å². The van der Waals surface area contributed by atoms with Crippen LogP contribution < -0.4 is 4.74 Å². The summed E-state index contributed by atoms with van der Waals surface area (Å²) >= 11 is 6.34. The van der Waals surface area contributed by atoms with Gasteiger partial charge in [0.15, 0.2) is 0 Å². The van der Waals surface area contributed by atoms with Crippen molar-refractivity contribution in [1.82, 2.24) is 4.90 Å². The van der Waals surface area contributed by atoms with Gasteiger partial charge in [-0.2, -0.15) is 0 Å². The molecule has 0 N–H and O–H groups in total. The summed E-state index contributed by atoms with van der Waals surface area (Å²) in [6.07, 6.45) is 2.16. The first-order chi connectivity index (χ1) is 10.6. The number of likely N-dealkylation sites (N-methyl/N-ethyl adjacent to an activating group) is 1. The molecule has 3 rings (SSSR count). The summed E-state index contributed by atoms with van der Waals surface area (Å²) in [6.45, 7) is 0. The summed E-state index contributed by atoms with van der Waals surface area (Å²) in [6, 6.07) is 15.5. The van der Waals surface area contributed by atoms with Gasteiger partial charge in [0.25, 0.3) is 0 Å². The molecule has 2 aromatic carbocycles. The Kier molecular flexibility index (Phi) is 4.42. The van der Waals surface area contributed by atoms with E-state index in [9.17, 15) is 0 Å². The molecule has 0 spiro atoms. The van der Waals surface area contributed by atoms with Crippen molar-refractivity contribution in [3.05, 3.63) is 64.2 Å². The van der Waals surface area contributed by atoms with E-state index in [-0.39, 0.29) is 0 Å². The molecule has 1 aliphatic carbocycles. The molecule has 0 saturated heterocycles. The lowest BCUT2D eigenvalue weighted by atomic mass is 9.76. The van der Waals surface area contributed by atoms with Gasteiger partial charge in [-0.1, -0.05) is 41.9 Å². The standard InChI is InChI=1S/C19H22ClNO/c1-21(2)15-9-14-10-18(20)19(22-3)12-17(14)16(11-15)13-7-5-4-6-8-13/h4-8,10,12,15-16H,9,11H2,1-3H3/t15-,16-/m0/s1. The van der Waals surface area contributed by atoms with E-state index >= 15 is 0 Å². The Morgan fingerprint density at radius 2 is 1.86 bits per heavy atom. The summed E-state index contributed by atoms with van der Waals surface area (Å²) in [7, 11) is 5.99. The number of fused-ring (bicyclic) bond motifs is 1. The number of hydrogen-bond donors (Lipinski definition) is 0. The van der Waals surface area contributed by atoms with E-state index < -0.39 is 0 Å². The number of ether oxygens (including phenoxy) is 1. The van der Waals surface area contributed by atoms with Crippen LogP contribution in [0.4, 0.5) is 0 Å². The van der Waals surface area contributed by atoms with Gasteiger partial charge >= 0.3 is 0 Å². The fourth-order valence-electron chi connectivity index (χ4n) is 3.40. The number of nitrogens with zero attached hydrogens (tertiary/aromatic N) is 1. The van der Waals surface area contributed by atoms with Crippen LogP contribution in [0.15, 0.2) is 42.5 Å². The molecule has 2 atom stereocenters. The maximum Gasteiger partial charge on any atom is 0.137 e. The molecule has 0 radical (unpaired) electrons. The lowest BCUT2D eigenvalue weighted by molar-refractivity contribution is 0.258. The smallest absolute Gasteiger partial charge is 0.137 e. The van der Waals surface area contributed by atoms with Crippen molar-refractivity contribution >= 4 is 11.6 Å². The summed E-state index contributed by atoms with van der Waals surface area (Å²) in [5.74, 6) is 1.16. The van der Waals surface area contributed by atoms with Crippen LogP contribution in [0.1, 0.15) is 29.0 Å². The first kappa shape index (κ1) is 15.4. The van der Waals surface area contributed by atoms with Crippen molar-refractivity contribution in [3.8, 4) is 5.75 Å². The third-order valence-corrected chi connectivity index (χ3v) is 4.98. The quantitative estimate of drug-likeness (QED) is 0.834. The van der Waals surface area contributed by atoms with E-state index in [1.807, 2.05) is 0 Å². The topological polar surface area (TPSA) is 12.5 Å². The van der Waals surface area contributed by atoms with E-state index in [1.54, 1.807) is 7.11 Å². The molecule has 0 unspecified atom stereocenters. The van der Waals surface area contributed by atoms with Crippen molar-refractivity contribution in [1.29, 1.82) is 0 Å². The van der Waals surface area contributed by atoms with Crippen molar-refractivity contribution in [3.63, 3.8) is 0 Å². The maximum atomic E-state index is 6.34. The van der Waals surface area contributed by atoms with Gasteiger partial charge in [0.05, 0.1) is 12.1 Å². The normalized spacial score (nSPS) is 20.8. The van der Waals surface area contributed by atoms with E-state index in [4.69, 9.17) is 16.3 Å². The zero-order valence-electron chi connectivity index (χ0n) is 13.3. The predicted molar refractivity (Wildman–Crippen MR) is 92.1 cm³/mol. The Morgan fingerprint density at radius 1 is 1.14 bits per heavy atom. The maximum absolute atomic E-state index is 6.34. The molecule has 116 valence electrons. The Labute approximate surface area is 137 Å². The Morgan fingerprint density at radius 3 is 2.50 bits per heavy atom. The number of rotatable bonds is 3. The second-order valence-electron chi connectivity index (χ2n) is 6.21. The van der Waals surface area contributed by atoms with Crippen LogP contribution in [0.5, 0.6) is 5.75 Å². The monoisotopic (exact) mass is 315 g/mol. The molecule has 0 fully saturated rings. The summed E-state index contributed by atoms with van der Waals surface area (Å²) in [5.41, 5.74) is 4.05. The van der Waals surface area contributed by atoms with Gasteiger partial charge in [-0.3, -0.25) is 0 Å². The van der Waals surface area contributed by atoms with E-state index in [1.165, 1.54) is 16.7 Å². The minimum Gasteiger partial charge on any atom is -0.495 e. The Hall–Kier alpha value is -1.51. The van der Waals surface area contributed by atoms with Crippen LogP contribution >= 0.6 is 11.6 Å². The predicted octanol–water partition coefficient (Wildman–Crippen LogP) is 4.36. The average molecular weight is 316 g/mol. The summed E-state index contributed by atoms with van der Waals surface area (Å²) in [4.78, 5) is 2.32. The summed E-state index contributed by atoms with van der Waals surface area (Å²) in [5, 5.41) is 0.701. The Balaban J connectivity index is 2.10. The van der Waals surface area contributed by atoms with Crippen LogP contribution in [0.3, 0.4) is 0 Å². The lowest BCUT2D eigenvalue weighted by Crippen LogP contribution is -2.35. The molecule has 2 nitrogen and oxygen atoms in total. The van der Waals surface area contributed by atoms with Crippen molar-refractivity contribution < 1.29 is 4.74 Å². The van der Waals surface area contributed by atoms with Gasteiger partial charge in [-0.05, 0) is 55.8 Å². The molecule has 22 heavy (non-hydrogen) atoms. The average Bonchev–Trinajstić information content (AvgIpc) is 2.53. The lowest BCUT2D eigenvalue weighted by Gasteiger charge is -2.36. The number of benzene rings is 2. The highest BCUT2D eigenvalue weighted by Gasteiger charge is 2.30. The second kappa shape index (κ2) is 6.31. The molecule has 0 amide bonds. The minimum atomic E-state index is 0.392. The first-order valence-corrected chi connectivity index (χ1v) is 8.05. The van der Waals surface area contributed by atoms with E-state index in [0.717, 1.165) is 18.6 Å². The molecule has 0 bridgehead atoms. The number of halogens is 1. The van der Waals surface area contributed by atoms with E-state index in [0.29, 0.717) is 17.0 Å².